The lowest BCUT2D eigenvalue weighted by molar-refractivity contribution is 0.0697. The van der Waals surface area contributed by atoms with Crippen molar-refractivity contribution in [2.45, 2.75) is 0 Å². The first kappa shape index (κ1) is 13.1. The summed E-state index contributed by atoms with van der Waals surface area (Å²) < 4.78 is 0. The van der Waals surface area contributed by atoms with Crippen molar-refractivity contribution in [1.29, 1.82) is 0 Å². The molecule has 3 rings (SSSR count). The molecule has 21 heavy (non-hydrogen) atoms. The van der Waals surface area contributed by atoms with Gasteiger partial charge in [-0.25, -0.2) is 4.79 Å². The number of aromatic carboxylic acids is 1. The lowest BCUT2D eigenvalue weighted by atomic mass is 9.99. The van der Waals surface area contributed by atoms with Gasteiger partial charge in [0.1, 0.15) is 0 Å². The van der Waals surface area contributed by atoms with Crippen molar-refractivity contribution in [2.24, 2.45) is 0 Å². The van der Waals surface area contributed by atoms with Gasteiger partial charge in [-0.1, -0.05) is 48.5 Å². The first-order valence-corrected chi connectivity index (χ1v) is 6.60. The van der Waals surface area contributed by atoms with E-state index in [2.05, 4.69) is 4.98 Å². The standard InChI is InChI=1S/C18H13NO2/c20-18(21)16-10-5-11-19-17(16)15-9-4-8-14(12-15)13-6-2-1-3-7-13/h1-12H,(H,20,21). The molecule has 3 aromatic rings. The summed E-state index contributed by atoms with van der Waals surface area (Å²) in [7, 11) is 0. The minimum atomic E-state index is -0.969. The van der Waals surface area contributed by atoms with Gasteiger partial charge in [-0.05, 0) is 29.3 Å². The number of carboxylic acid groups (broad SMARTS) is 1. The van der Waals surface area contributed by atoms with Crippen molar-refractivity contribution in [3.63, 3.8) is 0 Å². The number of hydrogen-bond donors (Lipinski definition) is 1. The molecule has 0 radical (unpaired) electrons. The van der Waals surface area contributed by atoms with Gasteiger partial charge in [0.05, 0.1) is 11.3 Å². The van der Waals surface area contributed by atoms with E-state index < -0.39 is 5.97 Å². The molecule has 0 amide bonds. The van der Waals surface area contributed by atoms with Crippen LogP contribution in [0.4, 0.5) is 0 Å². The number of nitrogens with zero attached hydrogens (tertiary/aromatic N) is 1. The highest BCUT2D eigenvalue weighted by Crippen LogP contribution is 2.27. The van der Waals surface area contributed by atoms with Crippen LogP contribution in [0.2, 0.25) is 0 Å². The van der Waals surface area contributed by atoms with Crippen LogP contribution in [0.5, 0.6) is 0 Å². The molecule has 0 fully saturated rings. The normalized spacial score (nSPS) is 10.3. The summed E-state index contributed by atoms with van der Waals surface area (Å²) in [6.07, 6.45) is 1.61. The number of carboxylic acids is 1. The molecule has 0 bridgehead atoms. The maximum Gasteiger partial charge on any atom is 0.337 e. The van der Waals surface area contributed by atoms with E-state index in [-0.39, 0.29) is 5.56 Å². The Kier molecular flexibility index (Phi) is 3.48. The summed E-state index contributed by atoms with van der Waals surface area (Å²) in [6.45, 7) is 0. The summed E-state index contributed by atoms with van der Waals surface area (Å²) in [4.78, 5) is 15.5. The maximum absolute atomic E-state index is 11.3. The van der Waals surface area contributed by atoms with E-state index >= 15 is 0 Å². The lowest BCUT2D eigenvalue weighted by Gasteiger charge is -2.07. The van der Waals surface area contributed by atoms with Crippen LogP contribution in [0.3, 0.4) is 0 Å². The molecular formula is C18H13NO2. The predicted octanol–water partition coefficient (Wildman–Crippen LogP) is 4.11. The summed E-state index contributed by atoms with van der Waals surface area (Å²) in [5.41, 5.74) is 3.63. The zero-order valence-electron chi connectivity index (χ0n) is 11.2. The van der Waals surface area contributed by atoms with E-state index in [1.54, 1.807) is 18.3 Å². The second-order valence-electron chi connectivity index (χ2n) is 4.65. The van der Waals surface area contributed by atoms with Crippen LogP contribution in [-0.4, -0.2) is 16.1 Å². The summed E-state index contributed by atoms with van der Waals surface area (Å²) in [5.74, 6) is -0.969. The molecule has 0 unspecified atom stereocenters. The van der Waals surface area contributed by atoms with Crippen molar-refractivity contribution in [1.82, 2.24) is 4.98 Å². The zero-order chi connectivity index (χ0) is 14.7. The molecule has 1 N–H and O–H groups in total. The van der Waals surface area contributed by atoms with Crippen molar-refractivity contribution in [3.8, 4) is 22.4 Å². The van der Waals surface area contributed by atoms with Crippen molar-refractivity contribution in [3.05, 3.63) is 78.5 Å². The predicted molar refractivity (Wildman–Crippen MR) is 82.1 cm³/mol. The molecule has 0 aliphatic carbocycles. The van der Waals surface area contributed by atoms with E-state index in [4.69, 9.17) is 0 Å². The monoisotopic (exact) mass is 275 g/mol. The SMILES string of the molecule is O=C(O)c1cccnc1-c1cccc(-c2ccccc2)c1. The number of rotatable bonds is 3. The molecule has 1 aromatic heterocycles. The van der Waals surface area contributed by atoms with E-state index in [0.29, 0.717) is 5.69 Å². The Morgan fingerprint density at radius 1 is 0.810 bits per heavy atom. The summed E-state index contributed by atoms with van der Waals surface area (Å²) in [5, 5.41) is 9.27. The molecule has 3 heteroatoms. The van der Waals surface area contributed by atoms with Gasteiger partial charge in [-0.3, -0.25) is 4.98 Å². The van der Waals surface area contributed by atoms with Crippen LogP contribution < -0.4 is 0 Å². The molecule has 0 atom stereocenters. The van der Waals surface area contributed by atoms with Crippen LogP contribution in [-0.2, 0) is 0 Å². The van der Waals surface area contributed by atoms with Crippen LogP contribution >= 0.6 is 0 Å². The average Bonchev–Trinajstić information content (AvgIpc) is 2.56. The number of hydrogen-bond acceptors (Lipinski definition) is 2. The molecule has 3 nitrogen and oxygen atoms in total. The van der Waals surface area contributed by atoms with Gasteiger partial charge < -0.3 is 5.11 Å². The summed E-state index contributed by atoms with van der Waals surface area (Å²) in [6, 6.07) is 20.9. The van der Waals surface area contributed by atoms with Crippen LogP contribution in [0.15, 0.2) is 72.9 Å². The number of aromatic nitrogens is 1. The molecule has 102 valence electrons. The molecule has 2 aromatic carbocycles. The van der Waals surface area contributed by atoms with E-state index in [1.165, 1.54) is 0 Å². The zero-order valence-corrected chi connectivity index (χ0v) is 11.2. The van der Waals surface area contributed by atoms with Crippen LogP contribution in [0, 0.1) is 0 Å². The van der Waals surface area contributed by atoms with Gasteiger partial charge in [0.2, 0.25) is 0 Å². The van der Waals surface area contributed by atoms with Gasteiger partial charge in [0.25, 0.3) is 0 Å². The number of pyridine rings is 1. The van der Waals surface area contributed by atoms with Crippen LogP contribution in [0.25, 0.3) is 22.4 Å². The Morgan fingerprint density at radius 2 is 1.52 bits per heavy atom. The minimum Gasteiger partial charge on any atom is -0.478 e. The van der Waals surface area contributed by atoms with Gasteiger partial charge in [-0.2, -0.15) is 0 Å². The highest BCUT2D eigenvalue weighted by atomic mass is 16.4. The smallest absolute Gasteiger partial charge is 0.337 e. The third-order valence-corrected chi connectivity index (χ3v) is 3.28. The van der Waals surface area contributed by atoms with Gasteiger partial charge in [0.15, 0.2) is 0 Å². The Hall–Kier alpha value is -2.94. The minimum absolute atomic E-state index is 0.211. The molecule has 0 saturated heterocycles. The maximum atomic E-state index is 11.3. The van der Waals surface area contributed by atoms with E-state index in [1.807, 2.05) is 54.6 Å². The quantitative estimate of drug-likeness (QED) is 0.782. The molecular weight excluding hydrogens is 262 g/mol. The molecule has 0 aliphatic rings. The fraction of sp³-hybridized carbons (Fsp3) is 0. The largest absolute Gasteiger partial charge is 0.478 e. The molecule has 0 aliphatic heterocycles. The van der Waals surface area contributed by atoms with Crippen molar-refractivity contribution < 1.29 is 9.90 Å². The van der Waals surface area contributed by atoms with Gasteiger partial charge >= 0.3 is 5.97 Å². The topological polar surface area (TPSA) is 50.2 Å². The van der Waals surface area contributed by atoms with Gasteiger partial charge in [0, 0.05) is 11.8 Å². The fourth-order valence-corrected chi connectivity index (χ4v) is 2.28. The Balaban J connectivity index is 2.11. The second kappa shape index (κ2) is 5.59. The fourth-order valence-electron chi connectivity index (χ4n) is 2.28. The number of benzene rings is 2. The Morgan fingerprint density at radius 3 is 2.29 bits per heavy atom. The first-order chi connectivity index (χ1) is 10.3. The highest BCUT2D eigenvalue weighted by molar-refractivity contribution is 5.95. The van der Waals surface area contributed by atoms with E-state index in [0.717, 1.165) is 16.7 Å². The van der Waals surface area contributed by atoms with Crippen molar-refractivity contribution >= 4 is 5.97 Å². The second-order valence-corrected chi connectivity index (χ2v) is 4.65. The van der Waals surface area contributed by atoms with E-state index in [9.17, 15) is 9.90 Å². The highest BCUT2D eigenvalue weighted by Gasteiger charge is 2.12. The molecule has 0 spiro atoms. The molecule has 1 heterocycles. The van der Waals surface area contributed by atoms with Crippen LogP contribution in [0.1, 0.15) is 10.4 Å². The average molecular weight is 275 g/mol. The van der Waals surface area contributed by atoms with Gasteiger partial charge in [-0.15, -0.1) is 0 Å². The third-order valence-electron chi connectivity index (χ3n) is 3.28. The Labute approximate surface area is 122 Å². The Bertz CT molecular complexity index is 782. The summed E-state index contributed by atoms with van der Waals surface area (Å²) >= 11 is 0. The third kappa shape index (κ3) is 2.67. The first-order valence-electron chi connectivity index (χ1n) is 6.60. The lowest BCUT2D eigenvalue weighted by Crippen LogP contribution is -2.01. The number of carbonyl (C=O) groups is 1. The molecule has 0 saturated carbocycles. The van der Waals surface area contributed by atoms with Crippen molar-refractivity contribution in [2.75, 3.05) is 0 Å².